The summed E-state index contributed by atoms with van der Waals surface area (Å²) in [5, 5.41) is 0.933. The van der Waals surface area contributed by atoms with Crippen molar-refractivity contribution in [1.82, 2.24) is 15.0 Å². The first-order chi connectivity index (χ1) is 13.5. The second-order valence-electron chi connectivity index (χ2n) is 7.19. The molecule has 4 rings (SSSR count). The van der Waals surface area contributed by atoms with Crippen molar-refractivity contribution in [3.8, 4) is 22.6 Å². The molecule has 0 spiro atoms. The van der Waals surface area contributed by atoms with Crippen molar-refractivity contribution in [3.05, 3.63) is 66.9 Å². The molecule has 0 atom stereocenters. The SMILES string of the molecule is CN(C)c1ccc(-c2ccc3cnc(-c4ccc(N(C)C)cc4)nc3n2)cc1. The van der Waals surface area contributed by atoms with E-state index in [2.05, 4.69) is 51.2 Å². The minimum atomic E-state index is 0.686. The van der Waals surface area contributed by atoms with Crippen LogP contribution in [0.5, 0.6) is 0 Å². The van der Waals surface area contributed by atoms with E-state index >= 15 is 0 Å². The predicted molar refractivity (Wildman–Crippen MR) is 117 cm³/mol. The normalized spacial score (nSPS) is 10.9. The zero-order valence-corrected chi connectivity index (χ0v) is 16.6. The van der Waals surface area contributed by atoms with Gasteiger partial charge in [-0.05, 0) is 48.5 Å². The summed E-state index contributed by atoms with van der Waals surface area (Å²) in [6, 6.07) is 20.6. The van der Waals surface area contributed by atoms with Gasteiger partial charge in [-0.25, -0.2) is 15.0 Å². The molecule has 2 aromatic heterocycles. The average molecular weight is 369 g/mol. The molecule has 28 heavy (non-hydrogen) atoms. The maximum absolute atomic E-state index is 4.78. The third-order valence-corrected chi connectivity index (χ3v) is 4.76. The Labute approximate surface area is 165 Å². The van der Waals surface area contributed by atoms with E-state index in [0.717, 1.165) is 33.6 Å². The van der Waals surface area contributed by atoms with E-state index in [-0.39, 0.29) is 0 Å². The van der Waals surface area contributed by atoms with Gasteiger partial charge < -0.3 is 9.80 Å². The molecule has 0 radical (unpaired) electrons. The lowest BCUT2D eigenvalue weighted by atomic mass is 10.1. The van der Waals surface area contributed by atoms with Gasteiger partial charge in [-0.15, -0.1) is 0 Å². The Morgan fingerprint density at radius 2 is 1.18 bits per heavy atom. The fraction of sp³-hybridized carbons (Fsp3) is 0.174. The van der Waals surface area contributed by atoms with Gasteiger partial charge in [-0.3, -0.25) is 0 Å². The summed E-state index contributed by atoms with van der Waals surface area (Å²) in [4.78, 5) is 18.2. The lowest BCUT2D eigenvalue weighted by molar-refractivity contribution is 1.13. The number of hydrogen-bond acceptors (Lipinski definition) is 5. The third-order valence-electron chi connectivity index (χ3n) is 4.76. The number of fused-ring (bicyclic) bond motifs is 1. The molecular formula is C23H23N5. The molecule has 0 amide bonds. The van der Waals surface area contributed by atoms with Crippen molar-refractivity contribution in [3.63, 3.8) is 0 Å². The van der Waals surface area contributed by atoms with E-state index in [1.54, 1.807) is 0 Å². The zero-order valence-electron chi connectivity index (χ0n) is 16.6. The Morgan fingerprint density at radius 1 is 0.607 bits per heavy atom. The zero-order chi connectivity index (χ0) is 19.7. The number of aromatic nitrogens is 3. The van der Waals surface area contributed by atoms with Crippen LogP contribution < -0.4 is 9.80 Å². The summed E-state index contributed by atoms with van der Waals surface area (Å²) >= 11 is 0. The van der Waals surface area contributed by atoms with Crippen molar-refractivity contribution in [1.29, 1.82) is 0 Å². The Kier molecular flexibility index (Phi) is 4.65. The molecule has 0 saturated carbocycles. The van der Waals surface area contributed by atoms with Crippen LogP contribution in [0.2, 0.25) is 0 Å². The fourth-order valence-corrected chi connectivity index (χ4v) is 3.05. The van der Waals surface area contributed by atoms with Gasteiger partial charge in [0.2, 0.25) is 0 Å². The van der Waals surface area contributed by atoms with Crippen LogP contribution in [0.3, 0.4) is 0 Å². The Hall–Kier alpha value is -3.47. The summed E-state index contributed by atoms with van der Waals surface area (Å²) < 4.78 is 0. The first-order valence-electron chi connectivity index (χ1n) is 9.20. The van der Waals surface area contributed by atoms with Crippen LogP contribution in [-0.2, 0) is 0 Å². The molecule has 0 aliphatic heterocycles. The highest BCUT2D eigenvalue weighted by molar-refractivity contribution is 5.79. The molecule has 5 heteroatoms. The predicted octanol–water partition coefficient (Wildman–Crippen LogP) is 4.49. The molecule has 140 valence electrons. The maximum atomic E-state index is 4.78. The van der Waals surface area contributed by atoms with E-state index in [1.165, 1.54) is 0 Å². The standard InChI is InChI=1S/C23H23N5/c1-27(2)19-10-5-16(6-11-19)21-14-9-18-15-24-22(26-23(18)25-21)17-7-12-20(13-8-17)28(3)4/h5-15H,1-4H3. The van der Waals surface area contributed by atoms with Crippen molar-refractivity contribution >= 4 is 22.4 Å². The van der Waals surface area contributed by atoms with Crippen LogP contribution in [0.15, 0.2) is 66.9 Å². The lowest BCUT2D eigenvalue weighted by Crippen LogP contribution is -2.08. The molecule has 4 aromatic rings. The number of rotatable bonds is 4. The molecule has 0 unspecified atom stereocenters. The van der Waals surface area contributed by atoms with Gasteiger partial charge >= 0.3 is 0 Å². The number of benzene rings is 2. The first-order valence-corrected chi connectivity index (χ1v) is 9.20. The lowest BCUT2D eigenvalue weighted by Gasteiger charge is -2.13. The van der Waals surface area contributed by atoms with Crippen LogP contribution in [-0.4, -0.2) is 43.1 Å². The summed E-state index contributed by atoms with van der Waals surface area (Å²) in [5.74, 6) is 0.686. The third kappa shape index (κ3) is 3.51. The van der Waals surface area contributed by atoms with Crippen LogP contribution >= 0.6 is 0 Å². The van der Waals surface area contributed by atoms with Crippen molar-refractivity contribution in [2.24, 2.45) is 0 Å². The van der Waals surface area contributed by atoms with Gasteiger partial charge in [-0.2, -0.15) is 0 Å². The summed E-state index contributed by atoms with van der Waals surface area (Å²) in [6.45, 7) is 0. The van der Waals surface area contributed by atoms with Crippen LogP contribution in [0, 0.1) is 0 Å². The van der Waals surface area contributed by atoms with Crippen LogP contribution in [0.4, 0.5) is 11.4 Å². The fourth-order valence-electron chi connectivity index (χ4n) is 3.05. The van der Waals surface area contributed by atoms with Gasteiger partial charge in [0.05, 0.1) is 5.69 Å². The molecule has 0 aliphatic rings. The van der Waals surface area contributed by atoms with Crippen LogP contribution in [0.25, 0.3) is 33.7 Å². The average Bonchev–Trinajstić information content (AvgIpc) is 2.73. The second kappa shape index (κ2) is 7.27. The smallest absolute Gasteiger partial charge is 0.163 e. The number of nitrogens with zero attached hydrogens (tertiary/aromatic N) is 5. The number of hydrogen-bond donors (Lipinski definition) is 0. The van der Waals surface area contributed by atoms with E-state index in [0.29, 0.717) is 11.5 Å². The molecule has 0 bridgehead atoms. The molecular weight excluding hydrogens is 346 g/mol. The quantitative estimate of drug-likeness (QED) is 0.530. The molecule has 0 aliphatic carbocycles. The van der Waals surface area contributed by atoms with Gasteiger partial charge in [0.1, 0.15) is 0 Å². The Balaban J connectivity index is 1.70. The second-order valence-corrected chi connectivity index (χ2v) is 7.19. The van der Waals surface area contributed by atoms with E-state index < -0.39 is 0 Å². The molecule has 0 saturated heterocycles. The molecule has 0 N–H and O–H groups in total. The van der Waals surface area contributed by atoms with E-state index in [4.69, 9.17) is 9.97 Å². The van der Waals surface area contributed by atoms with Crippen molar-refractivity contribution in [2.45, 2.75) is 0 Å². The number of pyridine rings is 1. The van der Waals surface area contributed by atoms with Gasteiger partial charge in [-0.1, -0.05) is 12.1 Å². The van der Waals surface area contributed by atoms with Crippen molar-refractivity contribution in [2.75, 3.05) is 38.0 Å². The first kappa shape index (κ1) is 17.9. The summed E-state index contributed by atoms with van der Waals surface area (Å²) in [6.07, 6.45) is 1.84. The van der Waals surface area contributed by atoms with Gasteiger partial charge in [0.25, 0.3) is 0 Å². The molecule has 5 nitrogen and oxygen atoms in total. The summed E-state index contributed by atoms with van der Waals surface area (Å²) in [5.41, 5.74) is 5.97. The molecule has 2 heterocycles. The van der Waals surface area contributed by atoms with Crippen LogP contribution in [0.1, 0.15) is 0 Å². The Morgan fingerprint density at radius 3 is 1.75 bits per heavy atom. The van der Waals surface area contributed by atoms with Gasteiger partial charge in [0, 0.05) is 62.3 Å². The van der Waals surface area contributed by atoms with E-state index in [9.17, 15) is 0 Å². The topological polar surface area (TPSA) is 45.2 Å². The highest BCUT2D eigenvalue weighted by Gasteiger charge is 2.07. The maximum Gasteiger partial charge on any atom is 0.163 e. The van der Waals surface area contributed by atoms with E-state index in [1.807, 2.05) is 58.7 Å². The Bertz CT molecular complexity index is 1010. The largest absolute Gasteiger partial charge is 0.378 e. The minimum Gasteiger partial charge on any atom is -0.378 e. The van der Waals surface area contributed by atoms with Gasteiger partial charge in [0.15, 0.2) is 11.5 Å². The highest BCUT2D eigenvalue weighted by Crippen LogP contribution is 2.24. The minimum absolute atomic E-state index is 0.686. The molecule has 0 fully saturated rings. The highest BCUT2D eigenvalue weighted by atomic mass is 15.1. The van der Waals surface area contributed by atoms with Crippen molar-refractivity contribution < 1.29 is 0 Å². The summed E-state index contributed by atoms with van der Waals surface area (Å²) in [7, 11) is 8.12. The molecule has 2 aromatic carbocycles. The number of anilines is 2. The monoisotopic (exact) mass is 369 g/mol.